The maximum atomic E-state index is 11.9. The molecular weight excluding hydrogens is 302 g/mol. The first-order valence-electron chi connectivity index (χ1n) is 7.77. The summed E-state index contributed by atoms with van der Waals surface area (Å²) in [7, 11) is 0. The standard InChI is InChI=1S/C19H19N3O2/c1-14(22-13-12-20-15(22)2)16-8-10-17(11-9-16)21-19(23)24-18-6-4-3-5-7-18/h3-14H,1-2H3,(H,21,23)/t14-/m1/s1. The molecule has 5 heteroatoms. The molecule has 1 heterocycles. The molecule has 24 heavy (non-hydrogen) atoms. The molecule has 0 unspecified atom stereocenters. The fourth-order valence-corrected chi connectivity index (χ4v) is 2.54. The second-order valence-corrected chi connectivity index (χ2v) is 5.51. The molecule has 122 valence electrons. The summed E-state index contributed by atoms with van der Waals surface area (Å²) in [6.45, 7) is 4.09. The number of anilines is 1. The number of aromatic nitrogens is 2. The summed E-state index contributed by atoms with van der Waals surface area (Å²) >= 11 is 0. The molecular formula is C19H19N3O2. The third-order valence-corrected chi connectivity index (χ3v) is 3.87. The van der Waals surface area contributed by atoms with Gasteiger partial charge in [0.2, 0.25) is 0 Å². The predicted octanol–water partition coefficient (Wildman–Crippen LogP) is 4.41. The van der Waals surface area contributed by atoms with Crippen molar-refractivity contribution in [2.45, 2.75) is 19.9 Å². The Bertz CT molecular complexity index is 810. The van der Waals surface area contributed by atoms with Crippen LogP contribution >= 0.6 is 0 Å². The van der Waals surface area contributed by atoms with Crippen LogP contribution in [0.2, 0.25) is 0 Å². The van der Waals surface area contributed by atoms with E-state index in [4.69, 9.17) is 4.74 Å². The zero-order chi connectivity index (χ0) is 16.9. The third kappa shape index (κ3) is 3.63. The highest BCUT2D eigenvalue weighted by Gasteiger charge is 2.10. The minimum Gasteiger partial charge on any atom is -0.410 e. The molecule has 5 nitrogen and oxygen atoms in total. The Kier molecular flexibility index (Phi) is 4.61. The van der Waals surface area contributed by atoms with Gasteiger partial charge in [-0.05, 0) is 43.7 Å². The summed E-state index contributed by atoms with van der Waals surface area (Å²) in [6.07, 6.45) is 3.25. The highest BCUT2D eigenvalue weighted by atomic mass is 16.6. The quantitative estimate of drug-likeness (QED) is 0.774. The summed E-state index contributed by atoms with van der Waals surface area (Å²) in [5, 5.41) is 2.72. The minimum absolute atomic E-state index is 0.179. The predicted molar refractivity (Wildman–Crippen MR) is 93.3 cm³/mol. The van der Waals surface area contributed by atoms with Crippen LogP contribution in [-0.4, -0.2) is 15.6 Å². The van der Waals surface area contributed by atoms with Gasteiger partial charge < -0.3 is 9.30 Å². The Morgan fingerprint density at radius 1 is 1.12 bits per heavy atom. The van der Waals surface area contributed by atoms with Gasteiger partial charge >= 0.3 is 6.09 Å². The Labute approximate surface area is 140 Å². The topological polar surface area (TPSA) is 56.2 Å². The average molecular weight is 321 g/mol. The number of hydrogen-bond donors (Lipinski definition) is 1. The molecule has 0 aliphatic heterocycles. The molecule has 0 bridgehead atoms. The summed E-state index contributed by atoms with van der Waals surface area (Å²) in [5.41, 5.74) is 1.83. The second-order valence-electron chi connectivity index (χ2n) is 5.51. The van der Waals surface area contributed by atoms with Crippen LogP contribution in [0.1, 0.15) is 24.4 Å². The van der Waals surface area contributed by atoms with Gasteiger partial charge in [0.1, 0.15) is 11.6 Å². The molecule has 3 aromatic rings. The third-order valence-electron chi connectivity index (χ3n) is 3.87. The first kappa shape index (κ1) is 15.8. The molecule has 0 saturated carbocycles. The first-order valence-corrected chi connectivity index (χ1v) is 7.77. The van der Waals surface area contributed by atoms with E-state index in [1.54, 1.807) is 18.3 Å². The Morgan fingerprint density at radius 3 is 2.46 bits per heavy atom. The molecule has 1 amide bonds. The van der Waals surface area contributed by atoms with E-state index in [-0.39, 0.29) is 6.04 Å². The van der Waals surface area contributed by atoms with Crippen LogP contribution in [0.15, 0.2) is 67.0 Å². The fourth-order valence-electron chi connectivity index (χ4n) is 2.54. The van der Waals surface area contributed by atoms with Gasteiger partial charge in [-0.1, -0.05) is 30.3 Å². The van der Waals surface area contributed by atoms with Crippen molar-refractivity contribution >= 4 is 11.8 Å². The van der Waals surface area contributed by atoms with Crippen LogP contribution in [0.25, 0.3) is 0 Å². The van der Waals surface area contributed by atoms with Gasteiger partial charge in [-0.15, -0.1) is 0 Å². The second kappa shape index (κ2) is 7.00. The zero-order valence-electron chi connectivity index (χ0n) is 13.6. The highest BCUT2D eigenvalue weighted by Crippen LogP contribution is 2.21. The lowest BCUT2D eigenvalue weighted by atomic mass is 10.1. The van der Waals surface area contributed by atoms with Gasteiger partial charge in [0.15, 0.2) is 0 Å². The van der Waals surface area contributed by atoms with Crippen molar-refractivity contribution in [3.63, 3.8) is 0 Å². The van der Waals surface area contributed by atoms with E-state index in [0.717, 1.165) is 11.4 Å². The van der Waals surface area contributed by atoms with E-state index in [1.807, 2.05) is 55.6 Å². The maximum Gasteiger partial charge on any atom is 0.417 e. The lowest BCUT2D eigenvalue weighted by Crippen LogP contribution is -2.16. The van der Waals surface area contributed by atoms with Crippen molar-refractivity contribution < 1.29 is 9.53 Å². The van der Waals surface area contributed by atoms with Gasteiger partial charge in [0.25, 0.3) is 0 Å². The van der Waals surface area contributed by atoms with E-state index < -0.39 is 6.09 Å². The number of ether oxygens (including phenoxy) is 1. The van der Waals surface area contributed by atoms with E-state index >= 15 is 0 Å². The number of carbonyl (C=O) groups is 1. The number of rotatable bonds is 4. The minimum atomic E-state index is -0.507. The zero-order valence-corrected chi connectivity index (χ0v) is 13.6. The highest BCUT2D eigenvalue weighted by molar-refractivity contribution is 5.86. The number of nitrogens with zero attached hydrogens (tertiary/aromatic N) is 2. The molecule has 0 aliphatic carbocycles. The van der Waals surface area contributed by atoms with Crippen molar-refractivity contribution in [1.29, 1.82) is 0 Å². The summed E-state index contributed by atoms with van der Waals surface area (Å²) < 4.78 is 7.31. The van der Waals surface area contributed by atoms with Crippen molar-refractivity contribution in [2.24, 2.45) is 0 Å². The van der Waals surface area contributed by atoms with E-state index in [1.165, 1.54) is 0 Å². The SMILES string of the molecule is Cc1nccn1[C@H](C)c1ccc(NC(=O)Oc2ccccc2)cc1. The van der Waals surface area contributed by atoms with E-state index in [0.29, 0.717) is 11.4 Å². The Morgan fingerprint density at radius 2 is 1.83 bits per heavy atom. The van der Waals surface area contributed by atoms with Crippen molar-refractivity contribution in [1.82, 2.24) is 9.55 Å². The number of para-hydroxylation sites is 1. The number of aryl methyl sites for hydroxylation is 1. The lowest BCUT2D eigenvalue weighted by molar-refractivity contribution is 0.215. The van der Waals surface area contributed by atoms with Gasteiger partial charge in [-0.3, -0.25) is 5.32 Å². The molecule has 0 saturated heterocycles. The van der Waals surface area contributed by atoms with Crippen molar-refractivity contribution in [3.05, 3.63) is 78.4 Å². The van der Waals surface area contributed by atoms with Crippen LogP contribution in [0.3, 0.4) is 0 Å². The monoisotopic (exact) mass is 321 g/mol. The summed E-state index contributed by atoms with van der Waals surface area (Å²) in [6, 6.07) is 16.9. The molecule has 0 fully saturated rings. The summed E-state index contributed by atoms with van der Waals surface area (Å²) in [4.78, 5) is 16.1. The maximum absolute atomic E-state index is 11.9. The molecule has 2 aromatic carbocycles. The lowest BCUT2D eigenvalue weighted by Gasteiger charge is -2.16. The van der Waals surface area contributed by atoms with Crippen molar-refractivity contribution in [2.75, 3.05) is 5.32 Å². The normalized spacial score (nSPS) is 11.8. The van der Waals surface area contributed by atoms with Crippen LogP contribution in [-0.2, 0) is 0 Å². The van der Waals surface area contributed by atoms with E-state index in [2.05, 4.69) is 21.8 Å². The molecule has 1 aromatic heterocycles. The number of benzene rings is 2. The molecule has 0 radical (unpaired) electrons. The van der Waals surface area contributed by atoms with Crippen molar-refractivity contribution in [3.8, 4) is 5.75 Å². The smallest absolute Gasteiger partial charge is 0.410 e. The molecule has 1 N–H and O–H groups in total. The molecule has 1 atom stereocenters. The van der Waals surface area contributed by atoms with Gasteiger partial charge in [0.05, 0.1) is 6.04 Å². The molecule has 0 aliphatic rings. The van der Waals surface area contributed by atoms with Crippen LogP contribution in [0.5, 0.6) is 5.75 Å². The number of carbonyl (C=O) groups excluding carboxylic acids is 1. The Hall–Kier alpha value is -3.08. The first-order chi connectivity index (χ1) is 11.6. The van der Waals surface area contributed by atoms with Gasteiger partial charge in [-0.25, -0.2) is 9.78 Å². The fraction of sp³-hybridized carbons (Fsp3) is 0.158. The van der Waals surface area contributed by atoms with Gasteiger partial charge in [0, 0.05) is 18.1 Å². The van der Waals surface area contributed by atoms with E-state index in [9.17, 15) is 4.79 Å². The molecule has 3 rings (SSSR count). The Balaban J connectivity index is 1.64. The van der Waals surface area contributed by atoms with Crippen LogP contribution in [0, 0.1) is 6.92 Å². The molecule has 0 spiro atoms. The number of imidazole rings is 1. The average Bonchev–Trinajstić information content (AvgIpc) is 3.02. The number of hydrogen-bond acceptors (Lipinski definition) is 3. The number of nitrogens with one attached hydrogen (secondary N) is 1. The van der Waals surface area contributed by atoms with Crippen LogP contribution in [0.4, 0.5) is 10.5 Å². The summed E-state index contributed by atoms with van der Waals surface area (Å²) in [5.74, 6) is 1.48. The van der Waals surface area contributed by atoms with Gasteiger partial charge in [-0.2, -0.15) is 0 Å². The number of amides is 1. The van der Waals surface area contributed by atoms with Crippen LogP contribution < -0.4 is 10.1 Å². The largest absolute Gasteiger partial charge is 0.417 e.